The first kappa shape index (κ1) is 22.3. The van der Waals surface area contributed by atoms with Gasteiger partial charge in [-0.15, -0.1) is 0 Å². The quantitative estimate of drug-likeness (QED) is 0.634. The van der Waals surface area contributed by atoms with Crippen LogP contribution in [0.25, 0.3) is 5.82 Å². The van der Waals surface area contributed by atoms with E-state index in [-0.39, 0.29) is 11.8 Å². The number of carbonyl (C=O) groups is 1. The van der Waals surface area contributed by atoms with Crippen LogP contribution in [-0.2, 0) is 4.74 Å². The maximum absolute atomic E-state index is 12.3. The monoisotopic (exact) mass is 445 g/mol. The van der Waals surface area contributed by atoms with Crippen LogP contribution in [0.1, 0.15) is 50.8 Å². The van der Waals surface area contributed by atoms with E-state index in [0.717, 1.165) is 18.5 Å². The van der Waals surface area contributed by atoms with E-state index < -0.39 is 5.60 Å². The fraction of sp³-hybridized carbons (Fsp3) is 0.375. The molecule has 0 saturated carbocycles. The van der Waals surface area contributed by atoms with Gasteiger partial charge in [0.15, 0.2) is 17.3 Å². The van der Waals surface area contributed by atoms with Crippen molar-refractivity contribution in [3.8, 4) is 11.9 Å². The van der Waals surface area contributed by atoms with Crippen LogP contribution < -0.4 is 5.32 Å². The van der Waals surface area contributed by atoms with E-state index in [1.165, 1.54) is 11.8 Å². The van der Waals surface area contributed by atoms with Gasteiger partial charge in [0.1, 0.15) is 11.7 Å². The van der Waals surface area contributed by atoms with Crippen LogP contribution in [0.3, 0.4) is 0 Å². The molecular formula is C24H27N7O2. The van der Waals surface area contributed by atoms with Crippen LogP contribution >= 0.6 is 0 Å². The summed E-state index contributed by atoms with van der Waals surface area (Å²) in [5.74, 6) is 1.29. The molecule has 33 heavy (non-hydrogen) atoms. The molecule has 2 aromatic heterocycles. The van der Waals surface area contributed by atoms with Gasteiger partial charge in [-0.05, 0) is 63.3 Å². The Balaban J connectivity index is 1.40. The summed E-state index contributed by atoms with van der Waals surface area (Å²) in [5.41, 5.74) is 1.77. The number of amides is 1. The molecule has 170 valence electrons. The molecule has 1 fully saturated rings. The van der Waals surface area contributed by atoms with Crippen molar-refractivity contribution < 1.29 is 9.53 Å². The molecule has 1 saturated heterocycles. The normalized spacial score (nSPS) is 14.5. The first-order valence-corrected chi connectivity index (χ1v) is 10.9. The molecule has 4 rings (SSSR count). The predicted octanol–water partition coefficient (Wildman–Crippen LogP) is 4.39. The molecule has 0 aliphatic carbocycles. The second-order valence-electron chi connectivity index (χ2n) is 8.98. The highest BCUT2D eigenvalue weighted by atomic mass is 16.6. The average molecular weight is 446 g/mol. The number of hydrogen-bond acceptors (Lipinski definition) is 7. The van der Waals surface area contributed by atoms with Gasteiger partial charge in [0.25, 0.3) is 0 Å². The summed E-state index contributed by atoms with van der Waals surface area (Å²) in [6, 6.07) is 12.0. The van der Waals surface area contributed by atoms with Gasteiger partial charge >= 0.3 is 6.09 Å². The lowest BCUT2D eigenvalue weighted by Crippen LogP contribution is -2.41. The Morgan fingerprint density at radius 2 is 1.94 bits per heavy atom. The lowest BCUT2D eigenvalue weighted by atomic mass is 9.89. The van der Waals surface area contributed by atoms with Crippen molar-refractivity contribution >= 4 is 17.6 Å². The Hall–Kier alpha value is -3.93. The molecule has 3 aromatic rings. The third-order valence-corrected chi connectivity index (χ3v) is 5.40. The Morgan fingerprint density at radius 3 is 2.55 bits per heavy atom. The van der Waals surface area contributed by atoms with Crippen molar-refractivity contribution in [2.75, 3.05) is 18.4 Å². The van der Waals surface area contributed by atoms with Crippen molar-refractivity contribution in [2.24, 2.45) is 0 Å². The van der Waals surface area contributed by atoms with Crippen LogP contribution in [0.2, 0.25) is 0 Å². The Kier molecular flexibility index (Phi) is 6.27. The predicted molar refractivity (Wildman–Crippen MR) is 123 cm³/mol. The van der Waals surface area contributed by atoms with Crippen molar-refractivity contribution in [3.63, 3.8) is 0 Å². The number of rotatable bonds is 4. The van der Waals surface area contributed by atoms with Gasteiger partial charge < -0.3 is 15.0 Å². The second kappa shape index (κ2) is 9.28. The van der Waals surface area contributed by atoms with E-state index in [9.17, 15) is 10.1 Å². The number of anilines is 2. The molecule has 9 nitrogen and oxygen atoms in total. The fourth-order valence-corrected chi connectivity index (χ4v) is 3.76. The highest BCUT2D eigenvalue weighted by molar-refractivity contribution is 5.68. The summed E-state index contributed by atoms with van der Waals surface area (Å²) in [6.07, 6.45) is 6.48. The number of benzene rings is 1. The number of nitriles is 1. The molecule has 0 unspecified atom stereocenters. The number of ether oxygens (including phenoxy) is 1. The van der Waals surface area contributed by atoms with Gasteiger partial charge in [-0.25, -0.2) is 19.4 Å². The summed E-state index contributed by atoms with van der Waals surface area (Å²) in [4.78, 5) is 22.8. The van der Waals surface area contributed by atoms with Gasteiger partial charge in [-0.1, -0.05) is 12.1 Å². The molecule has 0 spiro atoms. The zero-order chi connectivity index (χ0) is 23.4. The molecule has 0 atom stereocenters. The SMILES string of the molecule is CC(C)(C)OC(=O)N1CCC(c2ccc(Nc3nc(-n4cccn4)cnc3C#N)cc2)CC1. The topological polar surface area (TPSA) is 109 Å². The zero-order valence-corrected chi connectivity index (χ0v) is 19.0. The van der Waals surface area contributed by atoms with Crippen molar-refractivity contribution in [2.45, 2.75) is 45.1 Å². The lowest BCUT2D eigenvalue weighted by molar-refractivity contribution is 0.0205. The molecule has 1 N–H and O–H groups in total. The largest absolute Gasteiger partial charge is 0.444 e. The van der Waals surface area contributed by atoms with E-state index in [4.69, 9.17) is 4.74 Å². The van der Waals surface area contributed by atoms with Crippen molar-refractivity contribution in [1.82, 2.24) is 24.6 Å². The summed E-state index contributed by atoms with van der Waals surface area (Å²) < 4.78 is 7.07. The summed E-state index contributed by atoms with van der Waals surface area (Å²) >= 11 is 0. The third-order valence-electron chi connectivity index (χ3n) is 5.40. The van der Waals surface area contributed by atoms with Crippen molar-refractivity contribution in [1.29, 1.82) is 5.26 Å². The fourth-order valence-electron chi connectivity index (χ4n) is 3.76. The van der Waals surface area contributed by atoms with E-state index in [0.29, 0.717) is 30.6 Å². The van der Waals surface area contributed by atoms with Gasteiger partial charge in [0.2, 0.25) is 0 Å². The molecule has 1 aliphatic rings. The smallest absolute Gasteiger partial charge is 0.410 e. The van der Waals surface area contributed by atoms with Crippen LogP contribution in [0.15, 0.2) is 48.9 Å². The summed E-state index contributed by atoms with van der Waals surface area (Å²) in [6.45, 7) is 7.01. The molecule has 1 amide bonds. The first-order chi connectivity index (χ1) is 15.8. The molecule has 3 heterocycles. The van der Waals surface area contributed by atoms with Crippen LogP contribution in [0.4, 0.5) is 16.3 Å². The number of carbonyl (C=O) groups excluding carboxylic acids is 1. The number of aromatic nitrogens is 4. The standard InChI is InChI=1S/C24H27N7O2/c1-24(2,3)33-23(32)30-13-9-18(10-14-30)17-5-7-19(8-6-17)28-22-20(15-25)26-16-21(29-22)31-12-4-11-27-31/h4-8,11-12,16,18H,9-10,13-14H2,1-3H3,(H,28,29). The highest BCUT2D eigenvalue weighted by Gasteiger charge is 2.27. The Morgan fingerprint density at radius 1 is 1.21 bits per heavy atom. The molecular weight excluding hydrogens is 418 g/mol. The molecule has 0 radical (unpaired) electrons. The van der Waals surface area contributed by atoms with E-state index in [1.54, 1.807) is 28.0 Å². The first-order valence-electron chi connectivity index (χ1n) is 10.9. The molecule has 1 aliphatic heterocycles. The van der Waals surface area contributed by atoms with Crippen LogP contribution in [0.5, 0.6) is 0 Å². The minimum absolute atomic E-state index is 0.212. The number of nitrogens with zero attached hydrogens (tertiary/aromatic N) is 6. The van der Waals surface area contributed by atoms with Gasteiger partial charge in [0, 0.05) is 31.2 Å². The zero-order valence-electron chi connectivity index (χ0n) is 19.0. The second-order valence-corrected chi connectivity index (χ2v) is 8.98. The number of likely N-dealkylation sites (tertiary alicyclic amines) is 1. The maximum Gasteiger partial charge on any atom is 0.410 e. The third kappa shape index (κ3) is 5.47. The van der Waals surface area contributed by atoms with Crippen LogP contribution in [0, 0.1) is 11.3 Å². The molecule has 1 aromatic carbocycles. The summed E-state index contributed by atoms with van der Waals surface area (Å²) in [7, 11) is 0. The maximum atomic E-state index is 12.3. The number of nitrogens with one attached hydrogen (secondary N) is 1. The Bertz CT molecular complexity index is 1140. The van der Waals surface area contributed by atoms with Gasteiger partial charge in [0.05, 0.1) is 6.20 Å². The molecule has 9 heteroatoms. The van der Waals surface area contributed by atoms with Gasteiger partial charge in [-0.3, -0.25) is 0 Å². The van der Waals surface area contributed by atoms with Gasteiger partial charge in [-0.2, -0.15) is 10.4 Å². The minimum atomic E-state index is -0.482. The highest BCUT2D eigenvalue weighted by Crippen LogP contribution is 2.30. The summed E-state index contributed by atoms with van der Waals surface area (Å²) in [5, 5.41) is 16.8. The lowest BCUT2D eigenvalue weighted by Gasteiger charge is -2.33. The number of piperidine rings is 1. The number of hydrogen-bond donors (Lipinski definition) is 1. The minimum Gasteiger partial charge on any atom is -0.444 e. The van der Waals surface area contributed by atoms with E-state index >= 15 is 0 Å². The Labute approximate surface area is 193 Å². The van der Waals surface area contributed by atoms with Crippen LogP contribution in [-0.4, -0.2) is 49.4 Å². The van der Waals surface area contributed by atoms with Crippen molar-refractivity contribution in [3.05, 3.63) is 60.2 Å². The van der Waals surface area contributed by atoms with E-state index in [2.05, 4.69) is 38.6 Å². The average Bonchev–Trinajstić information content (AvgIpc) is 3.34. The molecule has 0 bridgehead atoms. The van der Waals surface area contributed by atoms with E-state index in [1.807, 2.05) is 32.9 Å².